The third-order valence-electron chi connectivity index (χ3n) is 8.51. The summed E-state index contributed by atoms with van der Waals surface area (Å²) in [6.45, 7) is 10.3. The van der Waals surface area contributed by atoms with Crippen molar-refractivity contribution in [1.82, 2.24) is 15.1 Å². The van der Waals surface area contributed by atoms with Crippen LogP contribution in [0, 0.1) is 0 Å². The number of nitrogens with zero attached hydrogens (tertiary/aromatic N) is 2. The topological polar surface area (TPSA) is 250 Å². The highest BCUT2D eigenvalue weighted by molar-refractivity contribution is 6.13. The zero-order valence-corrected chi connectivity index (χ0v) is 35.7. The third kappa shape index (κ3) is 28.2. The number of hydrogen-bond acceptors (Lipinski definition) is 18. The van der Waals surface area contributed by atoms with Gasteiger partial charge in [-0.05, 0) is 0 Å². The number of hydrogen-bond donors (Lipinski definition) is 2. The summed E-state index contributed by atoms with van der Waals surface area (Å²) in [7, 11) is 1.64. The second-order valence-electron chi connectivity index (χ2n) is 13.4. The van der Waals surface area contributed by atoms with E-state index < -0.39 is 29.2 Å². The van der Waals surface area contributed by atoms with Gasteiger partial charge in [-0.15, -0.1) is 0 Å². The molecule has 0 aromatic heterocycles. The van der Waals surface area contributed by atoms with E-state index in [1.807, 2.05) is 0 Å². The van der Waals surface area contributed by atoms with Gasteiger partial charge in [-0.3, -0.25) is 28.9 Å². The maximum atomic E-state index is 12.6. The first-order valence-corrected chi connectivity index (χ1v) is 20.6. The van der Waals surface area contributed by atoms with Crippen LogP contribution in [0.4, 0.5) is 0 Å². The van der Waals surface area contributed by atoms with E-state index in [1.54, 1.807) is 7.11 Å². The molecule has 2 heterocycles. The van der Waals surface area contributed by atoms with Crippen molar-refractivity contribution in [2.75, 3.05) is 192 Å². The molecular weight excluding hydrogens is 812 g/mol. The summed E-state index contributed by atoms with van der Waals surface area (Å²) >= 11 is 0. The van der Waals surface area contributed by atoms with Crippen LogP contribution in [-0.4, -0.2) is 237 Å². The molecule has 22 heteroatoms. The number of carbonyl (C=O) groups is 5. The molecule has 0 aliphatic carbocycles. The summed E-state index contributed by atoms with van der Waals surface area (Å²) in [6, 6.07) is 0. The van der Waals surface area contributed by atoms with Gasteiger partial charge < -0.3 is 77.5 Å². The van der Waals surface area contributed by atoms with Gasteiger partial charge in [-0.2, -0.15) is 0 Å². The summed E-state index contributed by atoms with van der Waals surface area (Å²) in [4.78, 5) is 62.1. The molecule has 352 valence electrons. The number of imide groups is 1. The average Bonchev–Trinajstić information content (AvgIpc) is 3.56. The Balaban J connectivity index is 1.28. The lowest BCUT2D eigenvalue weighted by Gasteiger charge is -2.49. The van der Waals surface area contributed by atoms with E-state index in [2.05, 4.69) is 5.32 Å². The van der Waals surface area contributed by atoms with Gasteiger partial charge in [0.05, 0.1) is 178 Å². The first-order valence-electron chi connectivity index (χ1n) is 20.6. The fraction of sp³-hybridized carbons (Fsp3) is 0.821. The number of rotatable bonds is 44. The number of methoxy groups -OCH3 is 1. The predicted octanol–water partition coefficient (Wildman–Crippen LogP) is -2.28. The zero-order chi connectivity index (χ0) is 44.1. The van der Waals surface area contributed by atoms with E-state index in [0.717, 1.165) is 17.1 Å². The minimum absolute atomic E-state index is 0.0148. The fourth-order valence-electron chi connectivity index (χ4n) is 5.28. The molecule has 0 saturated carbocycles. The Kier molecular flexibility index (Phi) is 32.1. The molecule has 1 saturated heterocycles. The number of nitrogens with two attached hydrogens (primary N) is 1. The largest absolute Gasteiger partial charge is 0.382 e. The van der Waals surface area contributed by atoms with Crippen LogP contribution in [-0.2, 0) is 85.6 Å². The van der Waals surface area contributed by atoms with Crippen LogP contribution in [0.5, 0.6) is 0 Å². The van der Waals surface area contributed by atoms with Crippen LogP contribution >= 0.6 is 0 Å². The molecule has 3 N–H and O–H groups in total. The zero-order valence-electron chi connectivity index (χ0n) is 35.7. The van der Waals surface area contributed by atoms with Gasteiger partial charge in [-0.25, -0.2) is 0 Å². The van der Waals surface area contributed by atoms with Gasteiger partial charge >= 0.3 is 0 Å². The first-order chi connectivity index (χ1) is 29.8. The van der Waals surface area contributed by atoms with Crippen LogP contribution in [0.2, 0.25) is 0 Å². The maximum Gasteiger partial charge on any atom is 0.253 e. The third-order valence-corrected chi connectivity index (χ3v) is 8.51. The Labute approximate surface area is 358 Å². The van der Waals surface area contributed by atoms with E-state index in [4.69, 9.17) is 67.3 Å². The van der Waals surface area contributed by atoms with Gasteiger partial charge in [0, 0.05) is 32.2 Å². The lowest BCUT2D eigenvalue weighted by Crippen LogP contribution is -2.69. The van der Waals surface area contributed by atoms with E-state index in [9.17, 15) is 24.0 Å². The number of ether oxygens (including phenoxy) is 13. The van der Waals surface area contributed by atoms with Crippen molar-refractivity contribution in [1.29, 1.82) is 0 Å². The molecule has 22 nitrogen and oxygen atoms in total. The Morgan fingerprint density at radius 1 is 0.557 bits per heavy atom. The van der Waals surface area contributed by atoms with Crippen molar-refractivity contribution < 1.29 is 85.6 Å². The smallest absolute Gasteiger partial charge is 0.253 e. The number of nitrogens with one attached hydrogen (secondary N) is 1. The van der Waals surface area contributed by atoms with Gasteiger partial charge in [-0.1, -0.05) is 0 Å². The molecule has 0 bridgehead atoms. The van der Waals surface area contributed by atoms with Crippen molar-refractivity contribution in [3.05, 3.63) is 12.2 Å². The summed E-state index contributed by atoms with van der Waals surface area (Å²) in [5, 5.41) is 2.69. The van der Waals surface area contributed by atoms with Crippen molar-refractivity contribution in [2.45, 2.75) is 18.4 Å². The Morgan fingerprint density at radius 3 is 1.25 bits per heavy atom. The summed E-state index contributed by atoms with van der Waals surface area (Å²) in [5.74, 6) is -2.23. The first kappa shape index (κ1) is 53.9. The lowest BCUT2D eigenvalue weighted by atomic mass is 9.93. The predicted molar refractivity (Wildman–Crippen MR) is 213 cm³/mol. The summed E-state index contributed by atoms with van der Waals surface area (Å²) in [5.41, 5.74) is 4.24. The SMILES string of the molecule is COCCOCCOCCOCCOCCOCCOCCOCCOCCOCCOCCOCCC(=O)N1CC(CNC(=O)CCN2C(=O)C=CC2=O)(OCC(N)=O)C1. The molecule has 0 radical (unpaired) electrons. The molecule has 2 rings (SSSR count). The molecular formula is C39H68N4O18. The standard InChI is InChI=1S/C39H68N4O18/c1-49-8-9-51-12-13-53-16-17-55-20-21-57-24-25-59-28-29-60-27-26-58-23-22-56-19-18-54-15-14-52-11-10-50-7-5-36(46)42-32-39(33-42,61-30-34(40)44)31-41-35(45)4-6-43-37(47)2-3-38(43)48/h2-3H,4-33H2,1H3,(H2,40,44)(H,41,45). The van der Waals surface area contributed by atoms with Crippen molar-refractivity contribution in [3.8, 4) is 0 Å². The average molecular weight is 881 g/mol. The second kappa shape index (κ2) is 36.3. The Hall–Kier alpha value is -3.23. The number of amides is 5. The minimum atomic E-state index is -0.986. The van der Waals surface area contributed by atoms with Crippen molar-refractivity contribution in [3.63, 3.8) is 0 Å². The van der Waals surface area contributed by atoms with Crippen molar-refractivity contribution in [2.24, 2.45) is 5.73 Å². The van der Waals surface area contributed by atoms with Gasteiger partial charge in [0.15, 0.2) is 0 Å². The number of carbonyl (C=O) groups excluding carboxylic acids is 5. The van der Waals surface area contributed by atoms with E-state index in [1.165, 1.54) is 4.90 Å². The fourth-order valence-corrected chi connectivity index (χ4v) is 5.28. The summed E-state index contributed by atoms with van der Waals surface area (Å²) < 4.78 is 70.5. The molecule has 2 aliphatic heterocycles. The van der Waals surface area contributed by atoms with Gasteiger partial charge in [0.1, 0.15) is 12.2 Å². The van der Waals surface area contributed by atoms with Gasteiger partial charge in [0.25, 0.3) is 11.8 Å². The highest BCUT2D eigenvalue weighted by atomic mass is 16.6. The lowest BCUT2D eigenvalue weighted by molar-refractivity contribution is -0.171. The highest BCUT2D eigenvalue weighted by Crippen LogP contribution is 2.25. The quantitative estimate of drug-likeness (QED) is 0.0483. The highest BCUT2D eigenvalue weighted by Gasteiger charge is 2.46. The Morgan fingerprint density at radius 2 is 0.902 bits per heavy atom. The molecule has 0 spiro atoms. The van der Waals surface area contributed by atoms with E-state index in [0.29, 0.717) is 145 Å². The van der Waals surface area contributed by atoms with Crippen LogP contribution in [0.25, 0.3) is 0 Å². The molecule has 5 amide bonds. The minimum Gasteiger partial charge on any atom is -0.382 e. The van der Waals surface area contributed by atoms with Crippen LogP contribution in [0.1, 0.15) is 12.8 Å². The van der Waals surface area contributed by atoms with Crippen LogP contribution in [0.15, 0.2) is 12.2 Å². The van der Waals surface area contributed by atoms with Crippen LogP contribution in [0.3, 0.4) is 0 Å². The second-order valence-corrected chi connectivity index (χ2v) is 13.4. The maximum absolute atomic E-state index is 12.6. The van der Waals surface area contributed by atoms with Crippen LogP contribution < -0.4 is 11.1 Å². The van der Waals surface area contributed by atoms with Gasteiger partial charge in [0.2, 0.25) is 17.7 Å². The molecule has 0 aromatic rings. The molecule has 1 fully saturated rings. The molecule has 2 aliphatic rings. The molecule has 0 atom stereocenters. The van der Waals surface area contributed by atoms with E-state index >= 15 is 0 Å². The van der Waals surface area contributed by atoms with E-state index in [-0.39, 0.29) is 58.1 Å². The monoisotopic (exact) mass is 880 g/mol. The Bertz CT molecular complexity index is 1210. The number of likely N-dealkylation sites (tertiary alicyclic amines) is 1. The summed E-state index contributed by atoms with van der Waals surface area (Å²) in [6.07, 6.45) is 2.31. The number of primary amides is 1. The molecule has 0 unspecified atom stereocenters. The van der Waals surface area contributed by atoms with Crippen molar-refractivity contribution >= 4 is 29.5 Å². The normalized spacial score (nSPS) is 14.6. The molecule has 61 heavy (non-hydrogen) atoms. The molecule has 0 aromatic carbocycles.